The molecule has 31 heavy (non-hydrogen) atoms. The number of likely N-dealkylation sites (tertiary alicyclic amines) is 1. The van der Waals surface area contributed by atoms with Gasteiger partial charge >= 0.3 is 6.18 Å². The van der Waals surface area contributed by atoms with E-state index in [9.17, 15) is 13.2 Å². The summed E-state index contributed by atoms with van der Waals surface area (Å²) in [6.45, 7) is 7.17. The summed E-state index contributed by atoms with van der Waals surface area (Å²) in [5.74, 6) is 1.22. The average molecular weight is 454 g/mol. The van der Waals surface area contributed by atoms with Crippen LogP contribution in [0.15, 0.2) is 48.5 Å². The molecule has 2 aromatic carbocycles. The van der Waals surface area contributed by atoms with Crippen LogP contribution in [0, 0.1) is 5.92 Å². The van der Waals surface area contributed by atoms with Crippen LogP contribution < -0.4 is 4.74 Å². The zero-order chi connectivity index (χ0) is 22.5. The van der Waals surface area contributed by atoms with Crippen molar-refractivity contribution in [2.75, 3.05) is 19.6 Å². The summed E-state index contributed by atoms with van der Waals surface area (Å²) in [4.78, 5) is 2.40. The van der Waals surface area contributed by atoms with Crippen molar-refractivity contribution < 1.29 is 17.9 Å². The van der Waals surface area contributed by atoms with Gasteiger partial charge in [0, 0.05) is 31.0 Å². The van der Waals surface area contributed by atoms with Crippen molar-refractivity contribution in [1.29, 1.82) is 0 Å². The van der Waals surface area contributed by atoms with E-state index in [0.717, 1.165) is 51.1 Å². The molecule has 0 atom stereocenters. The van der Waals surface area contributed by atoms with E-state index in [1.165, 1.54) is 12.1 Å². The molecule has 6 heteroatoms. The van der Waals surface area contributed by atoms with Gasteiger partial charge < -0.3 is 9.64 Å². The molecule has 2 aromatic rings. The van der Waals surface area contributed by atoms with Crippen molar-refractivity contribution in [2.24, 2.45) is 5.92 Å². The molecule has 0 unspecified atom stereocenters. The Kier molecular flexibility index (Phi) is 7.92. The number of ether oxygens (including phenoxy) is 1. The molecule has 2 nitrogen and oxygen atoms in total. The van der Waals surface area contributed by atoms with Crippen LogP contribution in [0.2, 0.25) is 5.02 Å². The fourth-order valence-electron chi connectivity index (χ4n) is 4.36. The Bertz CT molecular complexity index is 827. The number of alkyl halides is 3. The smallest absolute Gasteiger partial charge is 0.416 e. The molecule has 1 aliphatic heterocycles. The molecule has 0 bridgehead atoms. The maximum atomic E-state index is 13.1. The maximum absolute atomic E-state index is 13.1. The van der Waals surface area contributed by atoms with Gasteiger partial charge in [0.15, 0.2) is 0 Å². The molecule has 1 aliphatic rings. The zero-order valence-electron chi connectivity index (χ0n) is 18.2. The number of piperidine rings is 1. The van der Waals surface area contributed by atoms with Crippen LogP contribution in [-0.4, -0.2) is 30.1 Å². The summed E-state index contributed by atoms with van der Waals surface area (Å²) in [5, 5.41) is 0.693. The number of rotatable bonds is 8. The van der Waals surface area contributed by atoms with E-state index in [-0.39, 0.29) is 5.60 Å². The maximum Gasteiger partial charge on any atom is 0.416 e. The van der Waals surface area contributed by atoms with Crippen molar-refractivity contribution in [3.05, 3.63) is 64.7 Å². The highest BCUT2D eigenvalue weighted by Crippen LogP contribution is 2.36. The highest BCUT2D eigenvalue weighted by molar-refractivity contribution is 6.30. The van der Waals surface area contributed by atoms with Crippen LogP contribution in [0.25, 0.3) is 0 Å². The predicted molar refractivity (Wildman–Crippen MR) is 120 cm³/mol. The van der Waals surface area contributed by atoms with Gasteiger partial charge in [-0.1, -0.05) is 43.6 Å². The molecule has 1 fully saturated rings. The monoisotopic (exact) mass is 453 g/mol. The van der Waals surface area contributed by atoms with Gasteiger partial charge in [0.25, 0.3) is 0 Å². The third kappa shape index (κ3) is 6.39. The van der Waals surface area contributed by atoms with Crippen molar-refractivity contribution in [3.8, 4) is 5.75 Å². The van der Waals surface area contributed by atoms with E-state index < -0.39 is 11.7 Å². The van der Waals surface area contributed by atoms with Crippen LogP contribution in [-0.2, 0) is 12.6 Å². The molecular formula is C25H31ClF3NO. The number of nitrogens with zero attached hydrogens (tertiary/aromatic N) is 1. The molecule has 0 spiro atoms. The molecule has 1 heterocycles. The van der Waals surface area contributed by atoms with E-state index in [1.54, 1.807) is 12.1 Å². The molecule has 0 aromatic heterocycles. The number of hydrogen-bond acceptors (Lipinski definition) is 2. The number of halogens is 4. The van der Waals surface area contributed by atoms with Crippen LogP contribution in [0.1, 0.15) is 50.7 Å². The first-order valence-corrected chi connectivity index (χ1v) is 11.4. The van der Waals surface area contributed by atoms with Gasteiger partial charge in [-0.25, -0.2) is 0 Å². The minimum atomic E-state index is -4.28. The van der Waals surface area contributed by atoms with Gasteiger partial charge in [0.2, 0.25) is 0 Å². The fraction of sp³-hybridized carbons (Fsp3) is 0.520. The van der Waals surface area contributed by atoms with Crippen LogP contribution >= 0.6 is 11.6 Å². The Hall–Kier alpha value is -1.72. The van der Waals surface area contributed by atoms with Crippen LogP contribution in [0.3, 0.4) is 0 Å². The lowest BCUT2D eigenvalue weighted by molar-refractivity contribution is -0.138. The SMILES string of the molecule is CC(C)C1(Oc2ccc(Cl)cc2)CCN(CCCCc2ccccc2C(F)(F)F)CC1. The summed E-state index contributed by atoms with van der Waals surface area (Å²) in [5.41, 5.74) is -0.312. The van der Waals surface area contributed by atoms with Crippen molar-refractivity contribution in [1.82, 2.24) is 4.90 Å². The molecule has 0 saturated carbocycles. The Morgan fingerprint density at radius 2 is 1.65 bits per heavy atom. The van der Waals surface area contributed by atoms with Crippen molar-refractivity contribution in [2.45, 2.75) is 57.7 Å². The van der Waals surface area contributed by atoms with E-state index in [2.05, 4.69) is 18.7 Å². The lowest BCUT2D eigenvalue weighted by Gasteiger charge is -2.44. The summed E-state index contributed by atoms with van der Waals surface area (Å²) >= 11 is 5.98. The third-order valence-corrected chi connectivity index (χ3v) is 6.63. The van der Waals surface area contributed by atoms with Crippen LogP contribution in [0.5, 0.6) is 5.75 Å². The molecule has 0 radical (unpaired) electrons. The number of unbranched alkanes of at least 4 members (excludes halogenated alkanes) is 1. The normalized spacial score (nSPS) is 17.1. The molecule has 0 aliphatic carbocycles. The molecule has 0 N–H and O–H groups in total. The van der Waals surface area contributed by atoms with Gasteiger partial charge in [-0.05, 0) is 67.6 Å². The third-order valence-electron chi connectivity index (χ3n) is 6.38. The zero-order valence-corrected chi connectivity index (χ0v) is 19.0. The van der Waals surface area contributed by atoms with E-state index in [4.69, 9.17) is 16.3 Å². The first-order chi connectivity index (χ1) is 14.7. The standard InChI is InChI=1S/C25H31ClF3NO/c1-19(2)24(31-22-12-10-21(26)11-13-22)14-17-30(18-15-24)16-6-5-8-20-7-3-4-9-23(20)25(27,28)29/h3-4,7,9-13,19H,5-6,8,14-18H2,1-2H3. The predicted octanol–water partition coefficient (Wildman–Crippen LogP) is 7.25. The van der Waals surface area contributed by atoms with Crippen molar-refractivity contribution >= 4 is 11.6 Å². The van der Waals surface area contributed by atoms with Crippen molar-refractivity contribution in [3.63, 3.8) is 0 Å². The number of benzene rings is 2. The number of hydrogen-bond donors (Lipinski definition) is 0. The van der Waals surface area contributed by atoms with E-state index in [0.29, 0.717) is 22.9 Å². The number of aryl methyl sites for hydroxylation is 1. The fourth-order valence-corrected chi connectivity index (χ4v) is 4.48. The molecule has 3 rings (SSSR count). The Morgan fingerprint density at radius 3 is 2.26 bits per heavy atom. The van der Waals surface area contributed by atoms with E-state index >= 15 is 0 Å². The molecule has 170 valence electrons. The highest BCUT2D eigenvalue weighted by Gasteiger charge is 2.39. The Balaban J connectivity index is 1.48. The van der Waals surface area contributed by atoms with Crippen LogP contribution in [0.4, 0.5) is 13.2 Å². The summed E-state index contributed by atoms with van der Waals surface area (Å²) in [7, 11) is 0. The van der Waals surface area contributed by atoms with Gasteiger partial charge in [-0.15, -0.1) is 0 Å². The second-order valence-corrected chi connectivity index (χ2v) is 9.17. The summed E-state index contributed by atoms with van der Waals surface area (Å²) in [6, 6.07) is 13.4. The lowest BCUT2D eigenvalue weighted by atomic mass is 9.81. The molecule has 1 saturated heterocycles. The van der Waals surface area contributed by atoms with Gasteiger partial charge in [-0.2, -0.15) is 13.2 Å². The van der Waals surface area contributed by atoms with Gasteiger partial charge in [-0.3, -0.25) is 0 Å². The minimum absolute atomic E-state index is 0.198. The quantitative estimate of drug-likeness (QED) is 0.390. The largest absolute Gasteiger partial charge is 0.487 e. The second kappa shape index (κ2) is 10.3. The topological polar surface area (TPSA) is 12.5 Å². The molecular weight excluding hydrogens is 423 g/mol. The Labute approximate surface area is 188 Å². The second-order valence-electron chi connectivity index (χ2n) is 8.73. The van der Waals surface area contributed by atoms with E-state index in [1.807, 2.05) is 24.3 Å². The average Bonchev–Trinajstić information content (AvgIpc) is 2.73. The first-order valence-electron chi connectivity index (χ1n) is 11.0. The summed E-state index contributed by atoms with van der Waals surface area (Å²) < 4.78 is 45.9. The van der Waals surface area contributed by atoms with Gasteiger partial charge in [0.05, 0.1) is 5.56 Å². The first kappa shape index (κ1) is 23.9. The lowest BCUT2D eigenvalue weighted by Crippen LogP contribution is -2.51. The Morgan fingerprint density at radius 1 is 1.00 bits per heavy atom. The summed E-state index contributed by atoms with van der Waals surface area (Å²) in [6.07, 6.45) is -0.319. The highest BCUT2D eigenvalue weighted by atomic mass is 35.5. The van der Waals surface area contributed by atoms with Gasteiger partial charge in [0.1, 0.15) is 11.4 Å². The minimum Gasteiger partial charge on any atom is -0.487 e. The molecule has 0 amide bonds.